The van der Waals surface area contributed by atoms with Crippen LogP contribution in [-0.4, -0.2) is 61.4 Å². The van der Waals surface area contributed by atoms with E-state index in [1.54, 1.807) is 12.1 Å². The fourth-order valence-corrected chi connectivity index (χ4v) is 4.35. The summed E-state index contributed by atoms with van der Waals surface area (Å²) in [4.78, 5) is 28.2. The zero-order valence-corrected chi connectivity index (χ0v) is 16.0. The van der Waals surface area contributed by atoms with Gasteiger partial charge in [-0.05, 0) is 49.9 Å². The van der Waals surface area contributed by atoms with E-state index in [0.717, 1.165) is 44.5 Å². The summed E-state index contributed by atoms with van der Waals surface area (Å²) in [6.45, 7) is 3.47. The van der Waals surface area contributed by atoms with Gasteiger partial charge in [-0.1, -0.05) is 0 Å². The number of rotatable bonds is 2. The van der Waals surface area contributed by atoms with Crippen molar-refractivity contribution in [3.05, 3.63) is 30.1 Å². The lowest BCUT2D eigenvalue weighted by molar-refractivity contribution is 0.0453. The standard InChI is InChI=1S/C20H27FN4O3/c21-15-2-4-17(5-3-15)24-11-6-16(7-12-24)23-18(26)25-10-1-8-20(9-13-25)14-22-19(27)28-20/h2-5,16H,1,6-14H2,(H,22,27)(H,23,26)/t20-/m0/s1. The van der Waals surface area contributed by atoms with Crippen LogP contribution in [0.15, 0.2) is 24.3 Å². The Hall–Kier alpha value is -2.51. The zero-order chi connectivity index (χ0) is 19.6. The van der Waals surface area contributed by atoms with Gasteiger partial charge in [0.25, 0.3) is 0 Å². The molecular formula is C20H27FN4O3. The number of anilines is 1. The van der Waals surface area contributed by atoms with Crippen LogP contribution < -0.4 is 15.5 Å². The van der Waals surface area contributed by atoms with Crippen molar-refractivity contribution in [2.75, 3.05) is 37.6 Å². The predicted octanol–water partition coefficient (Wildman–Crippen LogP) is 2.47. The molecule has 3 heterocycles. The predicted molar refractivity (Wildman–Crippen MR) is 103 cm³/mol. The van der Waals surface area contributed by atoms with Crippen molar-refractivity contribution in [1.82, 2.24) is 15.5 Å². The van der Waals surface area contributed by atoms with Gasteiger partial charge in [-0.3, -0.25) is 0 Å². The molecule has 2 N–H and O–H groups in total. The van der Waals surface area contributed by atoms with Crippen molar-refractivity contribution in [2.24, 2.45) is 0 Å². The van der Waals surface area contributed by atoms with E-state index in [1.807, 2.05) is 4.90 Å². The van der Waals surface area contributed by atoms with Gasteiger partial charge in [-0.15, -0.1) is 0 Å². The second kappa shape index (κ2) is 7.85. The zero-order valence-electron chi connectivity index (χ0n) is 16.0. The van der Waals surface area contributed by atoms with Crippen molar-refractivity contribution in [3.63, 3.8) is 0 Å². The van der Waals surface area contributed by atoms with Gasteiger partial charge in [0, 0.05) is 44.3 Å². The van der Waals surface area contributed by atoms with E-state index in [9.17, 15) is 14.0 Å². The number of urea groups is 1. The summed E-state index contributed by atoms with van der Waals surface area (Å²) in [5.41, 5.74) is 0.566. The van der Waals surface area contributed by atoms with Gasteiger partial charge in [0.15, 0.2) is 0 Å². The van der Waals surface area contributed by atoms with Crippen LogP contribution in [0.5, 0.6) is 0 Å². The number of carbonyl (C=O) groups is 2. The van der Waals surface area contributed by atoms with Crippen LogP contribution in [0.25, 0.3) is 0 Å². The van der Waals surface area contributed by atoms with E-state index < -0.39 is 5.60 Å². The smallest absolute Gasteiger partial charge is 0.407 e. The molecule has 4 rings (SSSR count). The third-order valence-electron chi connectivity index (χ3n) is 6.06. The third-order valence-corrected chi connectivity index (χ3v) is 6.06. The third kappa shape index (κ3) is 4.15. The summed E-state index contributed by atoms with van der Waals surface area (Å²) in [6, 6.07) is 6.67. The lowest BCUT2D eigenvalue weighted by Crippen LogP contribution is -2.49. The highest BCUT2D eigenvalue weighted by Crippen LogP contribution is 2.29. The van der Waals surface area contributed by atoms with Gasteiger partial charge in [0.05, 0.1) is 6.54 Å². The lowest BCUT2D eigenvalue weighted by Gasteiger charge is -2.35. The molecule has 3 fully saturated rings. The van der Waals surface area contributed by atoms with Crippen LogP contribution in [-0.2, 0) is 4.74 Å². The monoisotopic (exact) mass is 390 g/mol. The molecular weight excluding hydrogens is 363 g/mol. The van der Waals surface area contributed by atoms with E-state index in [0.29, 0.717) is 26.1 Å². The fourth-order valence-electron chi connectivity index (χ4n) is 4.35. The number of hydrogen-bond donors (Lipinski definition) is 2. The Labute approximate surface area is 164 Å². The number of halogens is 1. The van der Waals surface area contributed by atoms with Crippen molar-refractivity contribution in [3.8, 4) is 0 Å². The Morgan fingerprint density at radius 1 is 1.14 bits per heavy atom. The van der Waals surface area contributed by atoms with Crippen LogP contribution in [0, 0.1) is 5.82 Å². The highest BCUT2D eigenvalue weighted by Gasteiger charge is 2.42. The Morgan fingerprint density at radius 2 is 1.89 bits per heavy atom. The van der Waals surface area contributed by atoms with E-state index >= 15 is 0 Å². The molecule has 0 unspecified atom stereocenters. The van der Waals surface area contributed by atoms with Gasteiger partial charge in [0.1, 0.15) is 11.4 Å². The molecule has 1 atom stereocenters. The topological polar surface area (TPSA) is 73.9 Å². The van der Waals surface area contributed by atoms with Crippen LogP contribution in [0.3, 0.4) is 0 Å². The number of alkyl carbamates (subject to hydrolysis) is 1. The second-order valence-electron chi connectivity index (χ2n) is 7.95. The maximum absolute atomic E-state index is 13.1. The highest BCUT2D eigenvalue weighted by atomic mass is 19.1. The summed E-state index contributed by atoms with van der Waals surface area (Å²) in [5, 5.41) is 5.89. The van der Waals surface area contributed by atoms with Crippen LogP contribution >= 0.6 is 0 Å². The van der Waals surface area contributed by atoms with E-state index in [-0.39, 0.29) is 24.0 Å². The van der Waals surface area contributed by atoms with Crippen LogP contribution in [0.2, 0.25) is 0 Å². The number of carbonyl (C=O) groups excluding carboxylic acids is 2. The van der Waals surface area contributed by atoms with Gasteiger partial charge in [-0.2, -0.15) is 0 Å². The Balaban J connectivity index is 1.25. The minimum atomic E-state index is -0.452. The average molecular weight is 390 g/mol. The van der Waals surface area contributed by atoms with Gasteiger partial charge in [0.2, 0.25) is 0 Å². The molecule has 0 aliphatic carbocycles. The Kier molecular flexibility index (Phi) is 5.28. The van der Waals surface area contributed by atoms with Gasteiger partial charge < -0.3 is 25.2 Å². The molecule has 3 amide bonds. The molecule has 8 heteroatoms. The van der Waals surface area contributed by atoms with Crippen molar-refractivity contribution in [1.29, 1.82) is 0 Å². The first kappa shape index (κ1) is 18.8. The average Bonchev–Trinajstić information content (AvgIpc) is 2.93. The number of likely N-dealkylation sites (tertiary alicyclic amines) is 1. The van der Waals surface area contributed by atoms with Gasteiger partial charge >= 0.3 is 12.1 Å². The molecule has 3 saturated heterocycles. The van der Waals surface area contributed by atoms with Crippen molar-refractivity contribution < 1.29 is 18.7 Å². The molecule has 28 heavy (non-hydrogen) atoms. The van der Waals surface area contributed by atoms with Crippen LogP contribution in [0.4, 0.5) is 19.7 Å². The molecule has 0 aromatic heterocycles. The molecule has 3 aliphatic rings. The number of benzene rings is 1. The molecule has 0 saturated carbocycles. The number of hydrogen-bond acceptors (Lipinski definition) is 4. The highest BCUT2D eigenvalue weighted by molar-refractivity contribution is 5.74. The van der Waals surface area contributed by atoms with E-state index in [4.69, 9.17) is 4.74 Å². The SMILES string of the molecule is O=C1NC[C@@]2(CCCN(C(=O)NC3CCN(c4ccc(F)cc4)CC3)CC2)O1. The molecule has 0 radical (unpaired) electrons. The van der Waals surface area contributed by atoms with E-state index in [1.165, 1.54) is 12.1 Å². The molecule has 1 aromatic carbocycles. The number of nitrogens with zero attached hydrogens (tertiary/aromatic N) is 2. The number of ether oxygens (including phenoxy) is 1. The first-order chi connectivity index (χ1) is 13.5. The molecule has 3 aliphatic heterocycles. The second-order valence-corrected chi connectivity index (χ2v) is 7.95. The molecule has 0 bridgehead atoms. The van der Waals surface area contributed by atoms with Crippen molar-refractivity contribution >= 4 is 17.8 Å². The first-order valence-corrected chi connectivity index (χ1v) is 10.1. The molecule has 1 aromatic rings. The Morgan fingerprint density at radius 3 is 2.57 bits per heavy atom. The minimum Gasteiger partial charge on any atom is -0.441 e. The van der Waals surface area contributed by atoms with Gasteiger partial charge in [-0.25, -0.2) is 14.0 Å². The quantitative estimate of drug-likeness (QED) is 0.814. The summed E-state index contributed by atoms with van der Waals surface area (Å²) in [5.74, 6) is -0.228. The maximum Gasteiger partial charge on any atom is 0.407 e. The lowest BCUT2D eigenvalue weighted by atomic mass is 9.95. The Bertz CT molecular complexity index is 721. The van der Waals surface area contributed by atoms with E-state index in [2.05, 4.69) is 15.5 Å². The number of amides is 3. The summed E-state index contributed by atoms with van der Waals surface area (Å²) in [7, 11) is 0. The summed E-state index contributed by atoms with van der Waals surface area (Å²) in [6.07, 6.45) is 3.65. The minimum absolute atomic E-state index is 0.0328. The molecule has 1 spiro atoms. The molecule has 152 valence electrons. The van der Waals surface area contributed by atoms with Crippen LogP contribution in [0.1, 0.15) is 32.1 Å². The maximum atomic E-state index is 13.1. The number of nitrogens with one attached hydrogen (secondary N) is 2. The van der Waals surface area contributed by atoms with Crippen molar-refractivity contribution in [2.45, 2.75) is 43.7 Å². The normalized spacial score (nSPS) is 26.0. The number of piperidine rings is 1. The summed E-state index contributed by atoms with van der Waals surface area (Å²) >= 11 is 0. The molecule has 7 nitrogen and oxygen atoms in total. The largest absolute Gasteiger partial charge is 0.441 e. The fraction of sp³-hybridized carbons (Fsp3) is 0.600. The first-order valence-electron chi connectivity index (χ1n) is 10.1. The summed E-state index contributed by atoms with van der Waals surface area (Å²) < 4.78 is 18.6.